The van der Waals surface area contributed by atoms with Crippen molar-refractivity contribution >= 4 is 17.3 Å². The Kier molecular flexibility index (Phi) is 5.85. The number of aromatic nitrogens is 3. The fourth-order valence-electron chi connectivity index (χ4n) is 2.57. The van der Waals surface area contributed by atoms with Crippen LogP contribution in [0.2, 0.25) is 0 Å². The van der Waals surface area contributed by atoms with Gasteiger partial charge in [-0.2, -0.15) is 5.10 Å². The molecule has 0 saturated carbocycles. The van der Waals surface area contributed by atoms with E-state index in [1.54, 1.807) is 30.6 Å². The highest BCUT2D eigenvalue weighted by Crippen LogP contribution is 2.16. The summed E-state index contributed by atoms with van der Waals surface area (Å²) in [4.78, 5) is 38.1. The van der Waals surface area contributed by atoms with E-state index in [2.05, 4.69) is 15.4 Å². The number of nitrogens with one attached hydrogen (secondary N) is 1. The van der Waals surface area contributed by atoms with E-state index in [9.17, 15) is 19.7 Å². The Hall–Kier alpha value is -3.88. The van der Waals surface area contributed by atoms with Crippen LogP contribution >= 0.6 is 0 Å². The number of non-ortho nitro benzene ring substituents is 1. The first-order chi connectivity index (χ1) is 13.5. The van der Waals surface area contributed by atoms with Gasteiger partial charge in [0.1, 0.15) is 0 Å². The summed E-state index contributed by atoms with van der Waals surface area (Å²) in [5.41, 5.74) is 1.69. The van der Waals surface area contributed by atoms with Crippen molar-refractivity contribution in [3.05, 3.63) is 81.4 Å². The molecule has 0 saturated heterocycles. The number of benzene rings is 1. The van der Waals surface area contributed by atoms with Gasteiger partial charge in [-0.15, -0.1) is 0 Å². The minimum atomic E-state index is -0.504. The predicted octanol–water partition coefficient (Wildman–Crippen LogP) is 2.63. The Morgan fingerprint density at radius 2 is 1.79 bits per heavy atom. The summed E-state index contributed by atoms with van der Waals surface area (Å²) in [5, 5.41) is 17.6. The largest absolute Gasteiger partial charge is 0.326 e. The number of nitro groups is 1. The number of carbonyl (C=O) groups excluding carboxylic acids is 1. The molecule has 0 aliphatic heterocycles. The SMILES string of the molecule is O=C(CCCn1nc(-c2ccncc2)ccc1=O)Nc1ccc([N+](=O)[O-])cc1. The molecule has 0 bridgehead atoms. The first-order valence-corrected chi connectivity index (χ1v) is 8.56. The van der Waals surface area contributed by atoms with Crippen molar-refractivity contribution < 1.29 is 9.72 Å². The van der Waals surface area contributed by atoms with E-state index in [-0.39, 0.29) is 23.6 Å². The molecule has 0 aliphatic carbocycles. The smallest absolute Gasteiger partial charge is 0.269 e. The van der Waals surface area contributed by atoms with Gasteiger partial charge in [0.25, 0.3) is 11.2 Å². The van der Waals surface area contributed by atoms with Gasteiger partial charge >= 0.3 is 0 Å². The van der Waals surface area contributed by atoms with E-state index in [1.165, 1.54) is 35.0 Å². The zero-order valence-electron chi connectivity index (χ0n) is 14.8. The highest BCUT2D eigenvalue weighted by atomic mass is 16.6. The molecule has 2 heterocycles. The second-order valence-corrected chi connectivity index (χ2v) is 5.97. The molecule has 0 fully saturated rings. The van der Waals surface area contributed by atoms with Crippen LogP contribution in [-0.4, -0.2) is 25.6 Å². The van der Waals surface area contributed by atoms with Crippen LogP contribution in [0.5, 0.6) is 0 Å². The highest BCUT2D eigenvalue weighted by molar-refractivity contribution is 5.90. The zero-order chi connectivity index (χ0) is 19.9. The van der Waals surface area contributed by atoms with E-state index in [0.29, 0.717) is 24.3 Å². The predicted molar refractivity (Wildman–Crippen MR) is 103 cm³/mol. The third kappa shape index (κ3) is 4.85. The van der Waals surface area contributed by atoms with Gasteiger partial charge in [-0.3, -0.25) is 24.7 Å². The van der Waals surface area contributed by atoms with Crippen LogP contribution in [0.25, 0.3) is 11.3 Å². The van der Waals surface area contributed by atoms with Crippen LogP contribution in [0.1, 0.15) is 12.8 Å². The maximum atomic E-state index is 12.0. The summed E-state index contributed by atoms with van der Waals surface area (Å²) >= 11 is 0. The fraction of sp³-hybridized carbons (Fsp3) is 0.158. The number of rotatable bonds is 7. The lowest BCUT2D eigenvalue weighted by Crippen LogP contribution is -2.23. The Balaban J connectivity index is 1.56. The summed E-state index contributed by atoms with van der Waals surface area (Å²) in [6.07, 6.45) is 3.90. The quantitative estimate of drug-likeness (QED) is 0.498. The van der Waals surface area contributed by atoms with E-state index in [4.69, 9.17) is 0 Å². The van der Waals surface area contributed by atoms with Gasteiger partial charge in [-0.1, -0.05) is 0 Å². The average molecular weight is 379 g/mol. The van der Waals surface area contributed by atoms with Crippen LogP contribution in [0.15, 0.2) is 65.7 Å². The number of anilines is 1. The van der Waals surface area contributed by atoms with E-state index >= 15 is 0 Å². The average Bonchev–Trinajstić information content (AvgIpc) is 2.70. The third-order valence-electron chi connectivity index (χ3n) is 3.98. The molecule has 3 rings (SSSR count). The summed E-state index contributed by atoms with van der Waals surface area (Å²) in [6, 6.07) is 12.3. The monoisotopic (exact) mass is 379 g/mol. The Morgan fingerprint density at radius 1 is 1.07 bits per heavy atom. The van der Waals surface area contributed by atoms with Gasteiger partial charge in [-0.25, -0.2) is 4.68 Å². The molecule has 9 heteroatoms. The molecule has 142 valence electrons. The molecule has 0 aliphatic rings. The molecular weight excluding hydrogens is 362 g/mol. The first kappa shape index (κ1) is 18.9. The topological polar surface area (TPSA) is 120 Å². The second-order valence-electron chi connectivity index (χ2n) is 5.97. The van der Waals surface area contributed by atoms with Crippen LogP contribution in [0.3, 0.4) is 0 Å². The lowest BCUT2D eigenvalue weighted by Gasteiger charge is -2.08. The molecule has 0 spiro atoms. The summed E-state index contributed by atoms with van der Waals surface area (Å²) in [7, 11) is 0. The van der Waals surface area contributed by atoms with Crippen molar-refractivity contribution in [2.24, 2.45) is 0 Å². The standard InChI is InChI=1S/C19H17N5O4/c25-18(21-15-3-5-16(6-4-15)24(27)28)2-1-13-23-19(26)8-7-17(22-23)14-9-11-20-12-10-14/h3-12H,1-2,13H2,(H,21,25). The molecule has 3 aromatic rings. The number of carbonyl (C=O) groups is 1. The molecule has 1 amide bonds. The van der Waals surface area contributed by atoms with Crippen molar-refractivity contribution in [1.29, 1.82) is 0 Å². The molecule has 28 heavy (non-hydrogen) atoms. The number of pyridine rings is 1. The number of hydrogen-bond donors (Lipinski definition) is 1. The van der Waals surface area contributed by atoms with Crippen molar-refractivity contribution in [3.63, 3.8) is 0 Å². The van der Waals surface area contributed by atoms with E-state index < -0.39 is 4.92 Å². The molecular formula is C19H17N5O4. The van der Waals surface area contributed by atoms with Crippen LogP contribution in [0.4, 0.5) is 11.4 Å². The van der Waals surface area contributed by atoms with Gasteiger partial charge in [0, 0.05) is 54.8 Å². The van der Waals surface area contributed by atoms with Gasteiger partial charge in [0.05, 0.1) is 10.6 Å². The molecule has 0 unspecified atom stereocenters. The fourth-order valence-corrected chi connectivity index (χ4v) is 2.57. The molecule has 1 aromatic carbocycles. The minimum absolute atomic E-state index is 0.0440. The number of aryl methyl sites for hydroxylation is 1. The molecule has 0 atom stereocenters. The second kappa shape index (κ2) is 8.67. The molecule has 2 aromatic heterocycles. The Morgan fingerprint density at radius 3 is 2.46 bits per heavy atom. The van der Waals surface area contributed by atoms with Crippen LogP contribution < -0.4 is 10.9 Å². The van der Waals surface area contributed by atoms with E-state index in [1.807, 2.05) is 0 Å². The van der Waals surface area contributed by atoms with Crippen LogP contribution in [0, 0.1) is 10.1 Å². The van der Waals surface area contributed by atoms with Crippen molar-refractivity contribution in [1.82, 2.24) is 14.8 Å². The maximum Gasteiger partial charge on any atom is 0.269 e. The summed E-state index contributed by atoms with van der Waals surface area (Å²) in [5.74, 6) is -0.243. The van der Waals surface area contributed by atoms with Gasteiger partial charge in [0.15, 0.2) is 0 Å². The van der Waals surface area contributed by atoms with Gasteiger partial charge in [-0.05, 0) is 36.8 Å². The zero-order valence-corrected chi connectivity index (χ0v) is 14.8. The lowest BCUT2D eigenvalue weighted by molar-refractivity contribution is -0.384. The lowest BCUT2D eigenvalue weighted by atomic mass is 10.2. The maximum absolute atomic E-state index is 12.0. The summed E-state index contributed by atoms with van der Waals surface area (Å²) in [6.45, 7) is 0.297. The summed E-state index contributed by atoms with van der Waals surface area (Å²) < 4.78 is 1.33. The molecule has 1 N–H and O–H groups in total. The Labute approximate surface area is 159 Å². The van der Waals surface area contributed by atoms with E-state index in [0.717, 1.165) is 5.56 Å². The molecule has 9 nitrogen and oxygen atoms in total. The number of nitrogens with zero attached hydrogens (tertiary/aromatic N) is 4. The van der Waals surface area contributed by atoms with Gasteiger partial charge < -0.3 is 5.32 Å². The number of hydrogen-bond acceptors (Lipinski definition) is 6. The Bertz CT molecular complexity index is 1030. The highest BCUT2D eigenvalue weighted by Gasteiger charge is 2.08. The van der Waals surface area contributed by atoms with Gasteiger partial charge in [0.2, 0.25) is 5.91 Å². The van der Waals surface area contributed by atoms with Crippen molar-refractivity contribution in [2.75, 3.05) is 5.32 Å². The van der Waals surface area contributed by atoms with Crippen LogP contribution in [-0.2, 0) is 11.3 Å². The molecule has 0 radical (unpaired) electrons. The third-order valence-corrected chi connectivity index (χ3v) is 3.98. The first-order valence-electron chi connectivity index (χ1n) is 8.56. The normalized spacial score (nSPS) is 10.4. The minimum Gasteiger partial charge on any atom is -0.326 e. The van der Waals surface area contributed by atoms with Crippen molar-refractivity contribution in [3.8, 4) is 11.3 Å². The number of nitro benzene ring substituents is 1. The van der Waals surface area contributed by atoms with Crippen molar-refractivity contribution in [2.45, 2.75) is 19.4 Å². The number of amides is 1.